The fourth-order valence-electron chi connectivity index (χ4n) is 4.41. The summed E-state index contributed by atoms with van der Waals surface area (Å²) in [5, 5.41) is 2.22. The van der Waals surface area contributed by atoms with Crippen LogP contribution in [0, 0.1) is 12.8 Å². The first kappa shape index (κ1) is 19.8. The summed E-state index contributed by atoms with van der Waals surface area (Å²) in [6.07, 6.45) is 3.77. The van der Waals surface area contributed by atoms with Gasteiger partial charge < -0.3 is 14.2 Å². The number of fused-ring (bicyclic) bond motifs is 2. The van der Waals surface area contributed by atoms with Crippen molar-refractivity contribution in [2.75, 3.05) is 0 Å². The van der Waals surface area contributed by atoms with Crippen molar-refractivity contribution in [3.8, 4) is 5.75 Å². The van der Waals surface area contributed by atoms with E-state index in [0.29, 0.717) is 12.4 Å². The highest BCUT2D eigenvalue weighted by Gasteiger charge is 2.41. The van der Waals surface area contributed by atoms with Gasteiger partial charge in [-0.15, -0.1) is 0 Å². The van der Waals surface area contributed by atoms with Crippen molar-refractivity contribution >= 4 is 16.6 Å². The molecule has 2 aliphatic rings. The van der Waals surface area contributed by atoms with Crippen LogP contribution in [0.5, 0.6) is 5.75 Å². The summed E-state index contributed by atoms with van der Waals surface area (Å²) in [6, 6.07) is 22.3. The molecule has 1 aliphatic heterocycles. The summed E-state index contributed by atoms with van der Waals surface area (Å²) < 4.78 is 18.0. The van der Waals surface area contributed by atoms with E-state index in [1.165, 1.54) is 17.4 Å². The van der Waals surface area contributed by atoms with E-state index in [1.807, 2.05) is 36.4 Å². The summed E-state index contributed by atoms with van der Waals surface area (Å²) in [7, 11) is 0. The summed E-state index contributed by atoms with van der Waals surface area (Å²) in [6.45, 7) is 2.66. The number of carbonyl (C=O) groups excluding carboxylic acids is 1. The van der Waals surface area contributed by atoms with Crippen LogP contribution in [0.3, 0.4) is 0 Å². The van der Waals surface area contributed by atoms with Gasteiger partial charge in [0, 0.05) is 6.42 Å². The maximum atomic E-state index is 13.0. The maximum absolute atomic E-state index is 13.0. The molecule has 158 valence electrons. The minimum absolute atomic E-state index is 0.0291. The molecule has 0 spiro atoms. The smallest absolute Gasteiger partial charge is 0.207 e. The number of rotatable bonds is 5. The van der Waals surface area contributed by atoms with E-state index in [0.717, 1.165) is 30.0 Å². The van der Waals surface area contributed by atoms with Gasteiger partial charge in [-0.1, -0.05) is 60.2 Å². The molecule has 3 unspecified atom stereocenters. The number of aryl methyl sites for hydroxylation is 1. The van der Waals surface area contributed by atoms with Crippen molar-refractivity contribution in [2.24, 2.45) is 5.92 Å². The number of allylic oxidation sites excluding steroid dienone is 1. The molecule has 4 nitrogen and oxygen atoms in total. The number of ketones is 1. The first-order chi connectivity index (χ1) is 15.2. The second-order valence-electron chi connectivity index (χ2n) is 8.47. The van der Waals surface area contributed by atoms with Crippen molar-refractivity contribution in [1.29, 1.82) is 0 Å². The highest BCUT2D eigenvalue weighted by atomic mass is 16.5. The fraction of sp³-hybridized carbons (Fsp3) is 0.296. The van der Waals surface area contributed by atoms with Crippen LogP contribution in [0.25, 0.3) is 10.8 Å². The molecule has 1 saturated carbocycles. The zero-order valence-electron chi connectivity index (χ0n) is 17.6. The first-order valence-electron chi connectivity index (χ1n) is 10.9. The van der Waals surface area contributed by atoms with Gasteiger partial charge in [-0.05, 0) is 48.2 Å². The van der Waals surface area contributed by atoms with Crippen LogP contribution >= 0.6 is 0 Å². The molecule has 3 aromatic carbocycles. The van der Waals surface area contributed by atoms with Gasteiger partial charge in [0.1, 0.15) is 18.1 Å². The highest BCUT2D eigenvalue weighted by Crippen LogP contribution is 2.35. The van der Waals surface area contributed by atoms with E-state index in [2.05, 4.69) is 37.3 Å². The highest BCUT2D eigenvalue weighted by molar-refractivity contribution is 5.96. The minimum Gasteiger partial charge on any atom is -0.493 e. The topological polar surface area (TPSA) is 44.8 Å². The van der Waals surface area contributed by atoms with Gasteiger partial charge in [-0.3, -0.25) is 4.79 Å². The lowest BCUT2D eigenvalue weighted by Crippen LogP contribution is -2.42. The summed E-state index contributed by atoms with van der Waals surface area (Å²) in [5.74, 6) is 0.798. The SMILES string of the molecule is Cc1ccc(COC2CCC3C(=O)C(Oc4ccc5ccccc5c4)=COC3C2)cc1. The lowest BCUT2D eigenvalue weighted by Gasteiger charge is -2.37. The molecule has 0 saturated heterocycles. The molecule has 0 bridgehead atoms. The number of hydrogen-bond acceptors (Lipinski definition) is 4. The average molecular weight is 415 g/mol. The Morgan fingerprint density at radius 2 is 1.77 bits per heavy atom. The summed E-state index contributed by atoms with van der Waals surface area (Å²) >= 11 is 0. The Morgan fingerprint density at radius 3 is 2.61 bits per heavy atom. The van der Waals surface area contributed by atoms with Crippen molar-refractivity contribution in [2.45, 2.75) is 45.0 Å². The zero-order chi connectivity index (χ0) is 21.2. The Morgan fingerprint density at radius 1 is 0.968 bits per heavy atom. The van der Waals surface area contributed by atoms with Crippen LogP contribution in [-0.2, 0) is 20.9 Å². The molecule has 1 aliphatic carbocycles. The van der Waals surface area contributed by atoms with Gasteiger partial charge in [-0.25, -0.2) is 0 Å². The van der Waals surface area contributed by atoms with E-state index in [1.54, 1.807) is 0 Å². The molecule has 0 N–H and O–H groups in total. The lowest BCUT2D eigenvalue weighted by atomic mass is 9.80. The van der Waals surface area contributed by atoms with Crippen molar-refractivity contribution < 1.29 is 19.0 Å². The number of ether oxygens (including phenoxy) is 3. The Kier molecular flexibility index (Phi) is 5.47. The predicted molar refractivity (Wildman–Crippen MR) is 120 cm³/mol. The van der Waals surface area contributed by atoms with E-state index >= 15 is 0 Å². The molecule has 1 fully saturated rings. The monoisotopic (exact) mass is 414 g/mol. The van der Waals surface area contributed by atoms with Crippen LogP contribution in [0.4, 0.5) is 0 Å². The van der Waals surface area contributed by atoms with Gasteiger partial charge in [0.05, 0.1) is 18.6 Å². The number of hydrogen-bond donors (Lipinski definition) is 0. The standard InChI is InChI=1S/C27H26O4/c1-18-6-8-19(9-7-18)16-29-22-12-13-24-25(15-22)30-17-26(27(24)28)31-23-11-10-20-4-2-3-5-21(20)14-23/h2-11,14,17,22,24-25H,12-13,15-16H2,1H3. The molecular weight excluding hydrogens is 388 g/mol. The molecule has 5 rings (SSSR count). The van der Waals surface area contributed by atoms with E-state index in [-0.39, 0.29) is 29.7 Å². The number of benzene rings is 3. The Hall–Kier alpha value is -3.11. The van der Waals surface area contributed by atoms with Crippen molar-refractivity contribution in [1.82, 2.24) is 0 Å². The van der Waals surface area contributed by atoms with Crippen LogP contribution in [0.2, 0.25) is 0 Å². The molecule has 3 atom stereocenters. The largest absolute Gasteiger partial charge is 0.493 e. The molecule has 0 radical (unpaired) electrons. The molecular formula is C27H26O4. The van der Waals surface area contributed by atoms with Gasteiger partial charge in [-0.2, -0.15) is 0 Å². The van der Waals surface area contributed by atoms with Gasteiger partial charge in [0.15, 0.2) is 0 Å². The van der Waals surface area contributed by atoms with E-state index in [9.17, 15) is 4.79 Å². The van der Waals surface area contributed by atoms with Gasteiger partial charge >= 0.3 is 0 Å². The lowest BCUT2D eigenvalue weighted by molar-refractivity contribution is -0.134. The summed E-state index contributed by atoms with van der Waals surface area (Å²) in [4.78, 5) is 13.0. The molecule has 4 heteroatoms. The second kappa shape index (κ2) is 8.56. The first-order valence-corrected chi connectivity index (χ1v) is 10.9. The molecule has 1 heterocycles. The van der Waals surface area contributed by atoms with Crippen molar-refractivity contribution in [3.05, 3.63) is 89.9 Å². The van der Waals surface area contributed by atoms with Gasteiger partial charge in [0.25, 0.3) is 0 Å². The summed E-state index contributed by atoms with van der Waals surface area (Å²) in [5.41, 5.74) is 2.41. The Balaban J connectivity index is 1.21. The van der Waals surface area contributed by atoms with E-state index < -0.39 is 0 Å². The minimum atomic E-state index is -0.167. The molecule has 0 aromatic heterocycles. The Bertz CT molecular complexity index is 1120. The fourth-order valence-corrected chi connectivity index (χ4v) is 4.41. The third-order valence-electron chi connectivity index (χ3n) is 6.23. The normalized spacial score (nSPS) is 23.1. The Labute approximate surface area is 182 Å². The van der Waals surface area contributed by atoms with Crippen LogP contribution in [0.1, 0.15) is 30.4 Å². The number of Topliss-reactive ketones (excluding diaryl/α,β-unsaturated/α-hetero) is 1. The third-order valence-corrected chi connectivity index (χ3v) is 6.23. The van der Waals surface area contributed by atoms with E-state index in [4.69, 9.17) is 14.2 Å². The average Bonchev–Trinajstić information content (AvgIpc) is 2.80. The van der Waals surface area contributed by atoms with Crippen LogP contribution < -0.4 is 4.74 Å². The maximum Gasteiger partial charge on any atom is 0.207 e. The van der Waals surface area contributed by atoms with Crippen molar-refractivity contribution in [3.63, 3.8) is 0 Å². The molecule has 0 amide bonds. The zero-order valence-corrected chi connectivity index (χ0v) is 17.6. The predicted octanol–water partition coefficient (Wildman–Crippen LogP) is 5.72. The van der Waals surface area contributed by atoms with Crippen LogP contribution in [-0.4, -0.2) is 18.0 Å². The van der Waals surface area contributed by atoms with Gasteiger partial charge in [0.2, 0.25) is 11.5 Å². The number of carbonyl (C=O) groups is 1. The molecule has 3 aromatic rings. The van der Waals surface area contributed by atoms with Crippen LogP contribution in [0.15, 0.2) is 78.8 Å². The third kappa shape index (κ3) is 4.35. The second-order valence-corrected chi connectivity index (χ2v) is 8.47. The quantitative estimate of drug-likeness (QED) is 0.535. The molecule has 31 heavy (non-hydrogen) atoms.